The van der Waals surface area contributed by atoms with Crippen LogP contribution in [0.25, 0.3) is 0 Å². The molecule has 0 aliphatic carbocycles. The monoisotopic (exact) mass is 254 g/mol. The van der Waals surface area contributed by atoms with Gasteiger partial charge >= 0.3 is 0 Å². The van der Waals surface area contributed by atoms with Gasteiger partial charge in [-0.05, 0) is 17.4 Å². The minimum Gasteiger partial charge on any atom is -0.329 e. The summed E-state index contributed by atoms with van der Waals surface area (Å²) >= 11 is 1.52. The van der Waals surface area contributed by atoms with Crippen molar-refractivity contribution in [3.63, 3.8) is 0 Å². The van der Waals surface area contributed by atoms with E-state index in [1.54, 1.807) is 4.68 Å². The van der Waals surface area contributed by atoms with Crippen molar-refractivity contribution in [3.8, 4) is 0 Å². The second kappa shape index (κ2) is 5.23. The maximum Gasteiger partial charge on any atom is 0.209 e. The van der Waals surface area contributed by atoms with Crippen molar-refractivity contribution in [1.82, 2.24) is 35.0 Å². The van der Waals surface area contributed by atoms with Crippen molar-refractivity contribution in [2.24, 2.45) is 12.8 Å². The Labute approximate surface area is 103 Å². The summed E-state index contributed by atoms with van der Waals surface area (Å²) < 4.78 is 3.64. The predicted molar refractivity (Wildman–Crippen MR) is 62.2 cm³/mol. The van der Waals surface area contributed by atoms with Gasteiger partial charge in [0.15, 0.2) is 0 Å². The highest BCUT2D eigenvalue weighted by Crippen LogP contribution is 2.18. The van der Waals surface area contributed by atoms with Crippen LogP contribution < -0.4 is 5.73 Å². The highest BCUT2D eigenvalue weighted by Gasteiger charge is 2.10. The molecule has 2 aromatic heterocycles. The molecular weight excluding hydrogens is 240 g/mol. The van der Waals surface area contributed by atoms with Crippen LogP contribution in [0.2, 0.25) is 0 Å². The first-order chi connectivity index (χ1) is 8.22. The van der Waals surface area contributed by atoms with Gasteiger partial charge < -0.3 is 10.3 Å². The van der Waals surface area contributed by atoms with Crippen molar-refractivity contribution in [2.75, 3.05) is 6.54 Å². The zero-order valence-electron chi connectivity index (χ0n) is 9.74. The molecule has 0 fully saturated rings. The van der Waals surface area contributed by atoms with Crippen LogP contribution in [0.15, 0.2) is 5.16 Å². The summed E-state index contributed by atoms with van der Waals surface area (Å²) in [7, 11) is 1.94. The van der Waals surface area contributed by atoms with Crippen LogP contribution in [0.4, 0.5) is 0 Å². The Balaban J connectivity index is 2.02. The standard InChI is InChI=1S/C8H14N8S/c1-6-10-11-7(15(6)2)5-17-8-12-13-14-16(8)4-3-9/h3-5,9H2,1-2H3. The quantitative estimate of drug-likeness (QED) is 0.708. The van der Waals surface area contributed by atoms with Crippen LogP contribution in [0.5, 0.6) is 0 Å². The number of hydrogen-bond donors (Lipinski definition) is 1. The minimum absolute atomic E-state index is 0.516. The first-order valence-corrected chi connectivity index (χ1v) is 6.15. The fourth-order valence-electron chi connectivity index (χ4n) is 1.27. The van der Waals surface area contributed by atoms with Crippen LogP contribution in [0.3, 0.4) is 0 Å². The Morgan fingerprint density at radius 1 is 1.29 bits per heavy atom. The number of rotatable bonds is 5. The zero-order chi connectivity index (χ0) is 12.3. The van der Waals surface area contributed by atoms with E-state index >= 15 is 0 Å². The van der Waals surface area contributed by atoms with Gasteiger partial charge in [0, 0.05) is 13.6 Å². The van der Waals surface area contributed by atoms with Crippen molar-refractivity contribution in [3.05, 3.63) is 11.6 Å². The number of nitrogens with two attached hydrogens (primary N) is 1. The molecule has 0 aromatic carbocycles. The van der Waals surface area contributed by atoms with Gasteiger partial charge in [0.05, 0.1) is 12.3 Å². The molecule has 92 valence electrons. The Kier molecular flexibility index (Phi) is 3.69. The molecule has 0 radical (unpaired) electrons. The summed E-state index contributed by atoms with van der Waals surface area (Å²) in [6.07, 6.45) is 0. The molecule has 0 aliphatic rings. The Bertz CT molecular complexity index is 489. The molecule has 2 N–H and O–H groups in total. The van der Waals surface area contributed by atoms with Gasteiger partial charge in [0.25, 0.3) is 0 Å². The van der Waals surface area contributed by atoms with Crippen molar-refractivity contribution in [1.29, 1.82) is 0 Å². The van der Waals surface area contributed by atoms with E-state index in [4.69, 9.17) is 5.73 Å². The molecule has 2 aromatic rings. The van der Waals surface area contributed by atoms with Crippen LogP contribution in [-0.2, 0) is 19.3 Å². The SMILES string of the molecule is Cc1nnc(CSc2nnnn2CCN)n1C. The Hall–Kier alpha value is -1.48. The number of aryl methyl sites for hydroxylation is 1. The smallest absolute Gasteiger partial charge is 0.209 e. The summed E-state index contributed by atoms with van der Waals surface area (Å²) in [5.41, 5.74) is 5.47. The highest BCUT2D eigenvalue weighted by molar-refractivity contribution is 7.98. The maximum atomic E-state index is 5.47. The maximum absolute atomic E-state index is 5.47. The lowest BCUT2D eigenvalue weighted by atomic mass is 10.6. The number of thioether (sulfide) groups is 1. The first kappa shape index (κ1) is 12.0. The minimum atomic E-state index is 0.516. The molecule has 8 nitrogen and oxygen atoms in total. The van der Waals surface area contributed by atoms with E-state index in [1.165, 1.54) is 11.8 Å². The summed E-state index contributed by atoms with van der Waals surface area (Å²) in [6, 6.07) is 0. The Morgan fingerprint density at radius 2 is 2.12 bits per heavy atom. The van der Waals surface area contributed by atoms with E-state index in [9.17, 15) is 0 Å². The molecular formula is C8H14N8S. The van der Waals surface area contributed by atoms with Gasteiger partial charge in [-0.15, -0.1) is 15.3 Å². The van der Waals surface area contributed by atoms with Crippen molar-refractivity contribution >= 4 is 11.8 Å². The molecule has 0 amide bonds. The van der Waals surface area contributed by atoms with Gasteiger partial charge in [-0.3, -0.25) is 0 Å². The second-order valence-corrected chi connectivity index (χ2v) is 4.43. The fraction of sp³-hybridized carbons (Fsp3) is 0.625. The molecule has 2 rings (SSSR count). The van der Waals surface area contributed by atoms with Gasteiger partial charge in [0.1, 0.15) is 11.6 Å². The predicted octanol–water partition coefficient (Wildman–Crippen LogP) is -0.639. The first-order valence-electron chi connectivity index (χ1n) is 5.16. The van der Waals surface area contributed by atoms with Gasteiger partial charge in [-0.1, -0.05) is 11.8 Å². The molecule has 0 spiro atoms. The largest absolute Gasteiger partial charge is 0.329 e. The number of hydrogen-bond acceptors (Lipinski definition) is 7. The van der Waals surface area contributed by atoms with Crippen LogP contribution in [0.1, 0.15) is 11.6 Å². The molecule has 17 heavy (non-hydrogen) atoms. The van der Waals surface area contributed by atoms with Gasteiger partial charge in [-0.25, -0.2) is 4.68 Å². The lowest BCUT2D eigenvalue weighted by molar-refractivity contribution is 0.556. The van der Waals surface area contributed by atoms with Gasteiger partial charge in [0.2, 0.25) is 5.16 Å². The summed E-state index contributed by atoms with van der Waals surface area (Å²) in [5.74, 6) is 2.47. The third-order valence-electron chi connectivity index (χ3n) is 2.35. The Morgan fingerprint density at radius 3 is 2.76 bits per heavy atom. The van der Waals surface area contributed by atoms with Crippen LogP contribution in [0, 0.1) is 6.92 Å². The van der Waals surface area contributed by atoms with E-state index in [1.807, 2.05) is 18.5 Å². The normalized spacial score (nSPS) is 11.0. The molecule has 0 saturated carbocycles. The third-order valence-corrected chi connectivity index (χ3v) is 3.31. The molecule has 9 heteroatoms. The number of aromatic nitrogens is 7. The summed E-state index contributed by atoms with van der Waals surface area (Å²) in [4.78, 5) is 0. The average Bonchev–Trinajstić information content (AvgIpc) is 2.87. The van der Waals surface area contributed by atoms with E-state index in [0.29, 0.717) is 18.8 Å². The zero-order valence-corrected chi connectivity index (χ0v) is 10.6. The van der Waals surface area contributed by atoms with Crippen LogP contribution >= 0.6 is 11.8 Å². The molecule has 0 aliphatic heterocycles. The molecule has 2 heterocycles. The number of tetrazole rings is 1. The number of nitrogens with zero attached hydrogens (tertiary/aromatic N) is 7. The van der Waals surface area contributed by atoms with Crippen molar-refractivity contribution < 1.29 is 0 Å². The van der Waals surface area contributed by atoms with Crippen LogP contribution in [-0.4, -0.2) is 41.5 Å². The third kappa shape index (κ3) is 2.61. The van der Waals surface area contributed by atoms with Crippen molar-refractivity contribution in [2.45, 2.75) is 24.4 Å². The topological polar surface area (TPSA) is 100 Å². The second-order valence-electron chi connectivity index (χ2n) is 3.48. The lowest BCUT2D eigenvalue weighted by Crippen LogP contribution is -2.12. The molecule has 0 atom stereocenters. The average molecular weight is 254 g/mol. The van der Waals surface area contributed by atoms with E-state index < -0.39 is 0 Å². The molecule has 0 bridgehead atoms. The lowest BCUT2D eigenvalue weighted by Gasteiger charge is -2.02. The molecule has 0 unspecified atom stereocenters. The summed E-state index contributed by atoms with van der Waals surface area (Å²) in [5, 5.41) is 20.2. The van der Waals surface area contributed by atoms with E-state index in [-0.39, 0.29) is 0 Å². The highest BCUT2D eigenvalue weighted by atomic mass is 32.2. The van der Waals surface area contributed by atoms with E-state index in [0.717, 1.165) is 16.8 Å². The summed E-state index contributed by atoms with van der Waals surface area (Å²) in [6.45, 7) is 3.05. The van der Waals surface area contributed by atoms with E-state index in [2.05, 4.69) is 25.7 Å². The molecule has 0 saturated heterocycles. The van der Waals surface area contributed by atoms with Gasteiger partial charge in [-0.2, -0.15) is 0 Å². The fourth-order valence-corrected chi connectivity index (χ4v) is 2.15.